The van der Waals surface area contributed by atoms with Crippen molar-refractivity contribution in [3.63, 3.8) is 0 Å². The van der Waals surface area contributed by atoms with Crippen LogP contribution in [0.25, 0.3) is 33.2 Å². The van der Waals surface area contributed by atoms with Gasteiger partial charge in [0.25, 0.3) is 0 Å². The third-order valence-corrected chi connectivity index (χ3v) is 2.97. The van der Waals surface area contributed by atoms with Gasteiger partial charge >= 0.3 is 0 Å². The molecule has 0 aromatic carbocycles. The van der Waals surface area contributed by atoms with Crippen LogP contribution < -0.4 is 0 Å². The van der Waals surface area contributed by atoms with Gasteiger partial charge in [0.1, 0.15) is 0 Å². The predicted molar refractivity (Wildman–Crippen MR) is 65.8 cm³/mol. The minimum Gasteiger partial charge on any atom is -0.351 e. The average molecular weight is 220 g/mol. The molecule has 0 radical (unpaired) electrons. The summed E-state index contributed by atoms with van der Waals surface area (Å²) < 4.78 is 0. The monoisotopic (exact) mass is 220 g/mol. The second-order valence-electron chi connectivity index (χ2n) is 4.00. The molecular formula is C13H8N4. The second-order valence-corrected chi connectivity index (χ2v) is 4.00. The minimum absolute atomic E-state index is 0.919. The summed E-state index contributed by atoms with van der Waals surface area (Å²) in [5.74, 6) is 0. The molecule has 0 unspecified atom stereocenters. The van der Waals surface area contributed by atoms with Gasteiger partial charge in [0.2, 0.25) is 0 Å². The van der Waals surface area contributed by atoms with Gasteiger partial charge in [0.15, 0.2) is 0 Å². The molecule has 80 valence electrons. The lowest BCUT2D eigenvalue weighted by molar-refractivity contribution is 1.30. The Labute approximate surface area is 96.7 Å². The summed E-state index contributed by atoms with van der Waals surface area (Å²) in [6.07, 6.45) is 7.18. The summed E-state index contributed by atoms with van der Waals surface area (Å²) in [5, 5.41) is 2.21. The Balaban J connectivity index is 2.25. The first-order valence-electron chi connectivity index (χ1n) is 5.38. The Bertz CT molecular complexity index is 797. The number of fused-ring (bicyclic) bond motifs is 4. The number of nitrogens with zero attached hydrogens (tertiary/aromatic N) is 3. The van der Waals surface area contributed by atoms with Gasteiger partial charge in [-0.1, -0.05) is 0 Å². The third-order valence-electron chi connectivity index (χ3n) is 2.97. The lowest BCUT2D eigenvalue weighted by atomic mass is 10.1. The van der Waals surface area contributed by atoms with E-state index in [0.717, 1.165) is 33.2 Å². The first-order chi connectivity index (χ1) is 8.42. The number of aromatic amines is 1. The summed E-state index contributed by atoms with van der Waals surface area (Å²) >= 11 is 0. The van der Waals surface area contributed by atoms with Gasteiger partial charge in [-0.05, 0) is 18.2 Å². The largest absolute Gasteiger partial charge is 0.351 e. The fourth-order valence-electron chi connectivity index (χ4n) is 2.16. The Hall–Kier alpha value is -2.49. The lowest BCUT2D eigenvalue weighted by Gasteiger charge is -2.02. The van der Waals surface area contributed by atoms with Crippen molar-refractivity contribution in [3.05, 3.63) is 43.0 Å². The van der Waals surface area contributed by atoms with Crippen LogP contribution in [0.1, 0.15) is 0 Å². The van der Waals surface area contributed by atoms with Crippen LogP contribution in [0.5, 0.6) is 0 Å². The summed E-state index contributed by atoms with van der Waals surface area (Å²) in [7, 11) is 0. The molecule has 0 fully saturated rings. The van der Waals surface area contributed by atoms with Crippen molar-refractivity contribution in [1.29, 1.82) is 0 Å². The van der Waals surface area contributed by atoms with Crippen LogP contribution in [0.2, 0.25) is 0 Å². The normalized spacial score (nSPS) is 11.5. The van der Waals surface area contributed by atoms with E-state index in [-0.39, 0.29) is 0 Å². The molecular weight excluding hydrogens is 212 g/mol. The van der Waals surface area contributed by atoms with Crippen molar-refractivity contribution in [2.24, 2.45) is 0 Å². The third kappa shape index (κ3) is 1.15. The molecule has 0 bridgehead atoms. The number of hydrogen-bond donors (Lipinski definition) is 1. The molecule has 0 amide bonds. The first-order valence-corrected chi connectivity index (χ1v) is 5.38. The highest BCUT2D eigenvalue weighted by Gasteiger charge is 2.12. The molecule has 4 heteroatoms. The van der Waals surface area contributed by atoms with Gasteiger partial charge in [0.05, 0.1) is 34.8 Å². The van der Waals surface area contributed by atoms with Gasteiger partial charge in [-0.15, -0.1) is 0 Å². The first kappa shape index (κ1) is 8.64. The topological polar surface area (TPSA) is 54.5 Å². The Morgan fingerprint density at radius 3 is 2.88 bits per heavy atom. The zero-order valence-electron chi connectivity index (χ0n) is 8.88. The predicted octanol–water partition coefficient (Wildman–Crippen LogP) is 2.61. The van der Waals surface area contributed by atoms with Crippen LogP contribution in [-0.4, -0.2) is 19.9 Å². The molecule has 17 heavy (non-hydrogen) atoms. The molecule has 0 saturated heterocycles. The number of hydrogen-bond acceptors (Lipinski definition) is 3. The number of aromatic nitrogens is 4. The van der Waals surface area contributed by atoms with E-state index >= 15 is 0 Å². The average Bonchev–Trinajstić information content (AvgIpc) is 2.73. The molecule has 4 nitrogen and oxygen atoms in total. The zero-order chi connectivity index (χ0) is 11.2. The molecule has 0 aliphatic carbocycles. The van der Waals surface area contributed by atoms with Crippen molar-refractivity contribution in [2.45, 2.75) is 0 Å². The number of rotatable bonds is 0. The van der Waals surface area contributed by atoms with Gasteiger partial charge in [-0.3, -0.25) is 9.97 Å². The van der Waals surface area contributed by atoms with Crippen molar-refractivity contribution < 1.29 is 0 Å². The van der Waals surface area contributed by atoms with E-state index in [0.29, 0.717) is 0 Å². The van der Waals surface area contributed by atoms with Gasteiger partial charge in [0, 0.05) is 23.2 Å². The van der Waals surface area contributed by atoms with E-state index in [1.165, 1.54) is 0 Å². The molecule has 4 heterocycles. The Kier molecular flexibility index (Phi) is 1.53. The van der Waals surface area contributed by atoms with Crippen molar-refractivity contribution >= 4 is 21.8 Å². The Morgan fingerprint density at radius 1 is 1.00 bits per heavy atom. The van der Waals surface area contributed by atoms with Crippen LogP contribution in [0.3, 0.4) is 0 Å². The molecule has 1 N–H and O–H groups in total. The van der Waals surface area contributed by atoms with Crippen LogP contribution in [0, 0.1) is 0 Å². The zero-order valence-corrected chi connectivity index (χ0v) is 8.88. The van der Waals surface area contributed by atoms with E-state index in [1.54, 1.807) is 18.6 Å². The highest BCUT2D eigenvalue weighted by atomic mass is 14.8. The van der Waals surface area contributed by atoms with Crippen LogP contribution in [0.15, 0.2) is 43.0 Å². The lowest BCUT2D eigenvalue weighted by Crippen LogP contribution is -1.86. The number of nitrogens with one attached hydrogen (secondary N) is 1. The quantitative estimate of drug-likeness (QED) is 0.495. The summed E-state index contributed by atoms with van der Waals surface area (Å²) in [5.41, 5.74) is 3.95. The standard InChI is InChI=1S/C13H8N4/c1-3-14-6-11-8(1)5-10-13(17-11)9-2-4-15-7-12(9)16-10/h1-7,17H. The molecule has 2 aliphatic heterocycles. The second kappa shape index (κ2) is 3.01. The van der Waals surface area contributed by atoms with Crippen LogP contribution in [0.4, 0.5) is 0 Å². The molecule has 2 aromatic rings. The number of pyridine rings is 3. The molecule has 0 spiro atoms. The van der Waals surface area contributed by atoms with E-state index in [9.17, 15) is 0 Å². The van der Waals surface area contributed by atoms with E-state index in [4.69, 9.17) is 0 Å². The van der Waals surface area contributed by atoms with Gasteiger partial charge in [-0.25, -0.2) is 4.98 Å². The van der Waals surface area contributed by atoms with Crippen LogP contribution in [-0.2, 0) is 0 Å². The number of H-pyrrole nitrogens is 1. The molecule has 4 rings (SSSR count). The molecule has 0 atom stereocenters. The molecule has 2 aliphatic rings. The summed E-state index contributed by atoms with van der Waals surface area (Å²) in [6.45, 7) is 0. The van der Waals surface area contributed by atoms with E-state index < -0.39 is 0 Å². The van der Waals surface area contributed by atoms with E-state index in [2.05, 4.69) is 26.0 Å². The maximum absolute atomic E-state index is 4.55. The van der Waals surface area contributed by atoms with Crippen molar-refractivity contribution in [3.8, 4) is 11.4 Å². The molecule has 0 saturated carbocycles. The maximum Gasteiger partial charge on any atom is 0.0914 e. The highest BCUT2D eigenvalue weighted by Crippen LogP contribution is 2.30. The fraction of sp³-hybridized carbons (Fsp3) is 0. The van der Waals surface area contributed by atoms with E-state index in [1.807, 2.05) is 18.3 Å². The minimum atomic E-state index is 0.919. The van der Waals surface area contributed by atoms with Crippen LogP contribution >= 0.6 is 0 Å². The summed E-state index contributed by atoms with van der Waals surface area (Å²) in [4.78, 5) is 16.1. The Morgan fingerprint density at radius 2 is 1.88 bits per heavy atom. The smallest absolute Gasteiger partial charge is 0.0914 e. The highest BCUT2D eigenvalue weighted by molar-refractivity contribution is 5.98. The SMILES string of the molecule is c1cc2c3[nH]c4cnccc4cc-3nc2cn1. The maximum atomic E-state index is 4.55. The van der Waals surface area contributed by atoms with Crippen molar-refractivity contribution in [2.75, 3.05) is 0 Å². The fourth-order valence-corrected chi connectivity index (χ4v) is 2.16. The summed E-state index contributed by atoms with van der Waals surface area (Å²) in [6, 6.07) is 6.02. The van der Waals surface area contributed by atoms with Gasteiger partial charge < -0.3 is 4.98 Å². The molecule has 2 aromatic heterocycles. The van der Waals surface area contributed by atoms with Crippen molar-refractivity contribution in [1.82, 2.24) is 19.9 Å². The van der Waals surface area contributed by atoms with Gasteiger partial charge in [-0.2, -0.15) is 0 Å².